The van der Waals surface area contributed by atoms with Crippen molar-refractivity contribution in [2.24, 2.45) is 5.92 Å². The third-order valence-corrected chi connectivity index (χ3v) is 5.04. The molecule has 1 aliphatic carbocycles. The van der Waals surface area contributed by atoms with Gasteiger partial charge in [-0.05, 0) is 67.0 Å². The molecule has 5 nitrogen and oxygen atoms in total. The van der Waals surface area contributed by atoms with Crippen LogP contribution in [0.15, 0.2) is 48.5 Å². The summed E-state index contributed by atoms with van der Waals surface area (Å²) in [5, 5.41) is 12.3. The molecule has 0 atom stereocenters. The number of ether oxygens (including phenoxy) is 1. The predicted molar refractivity (Wildman–Crippen MR) is 103 cm³/mol. The minimum absolute atomic E-state index is 0.192. The second-order valence-corrected chi connectivity index (χ2v) is 7.22. The second-order valence-electron chi connectivity index (χ2n) is 7.22. The Morgan fingerprint density at radius 3 is 2.11 bits per heavy atom. The Kier molecular flexibility index (Phi) is 6.12. The fourth-order valence-electron chi connectivity index (χ4n) is 3.34. The molecule has 1 saturated carbocycles. The van der Waals surface area contributed by atoms with E-state index in [2.05, 4.69) is 12.2 Å². The summed E-state index contributed by atoms with van der Waals surface area (Å²) in [6.07, 6.45) is 4.22. The van der Waals surface area contributed by atoms with Crippen molar-refractivity contribution in [3.8, 4) is 16.9 Å². The highest BCUT2D eigenvalue weighted by molar-refractivity contribution is 5.91. The molecule has 0 heterocycles. The van der Waals surface area contributed by atoms with Crippen LogP contribution in [0.5, 0.6) is 5.75 Å². The minimum Gasteiger partial charge on any atom is -0.508 e. The zero-order chi connectivity index (χ0) is 19.2. The number of esters is 1. The molecule has 3 rings (SSSR count). The van der Waals surface area contributed by atoms with Gasteiger partial charge in [-0.1, -0.05) is 31.2 Å². The Labute approximate surface area is 159 Å². The molecular formula is C22H25NO4. The van der Waals surface area contributed by atoms with E-state index in [4.69, 9.17) is 4.74 Å². The lowest BCUT2D eigenvalue weighted by Gasteiger charge is -2.26. The van der Waals surface area contributed by atoms with Gasteiger partial charge < -0.3 is 15.2 Å². The summed E-state index contributed by atoms with van der Waals surface area (Å²) in [6, 6.07) is 14.0. The van der Waals surface area contributed by atoms with Gasteiger partial charge in [0.15, 0.2) is 6.61 Å². The van der Waals surface area contributed by atoms with Gasteiger partial charge in [0.25, 0.3) is 5.91 Å². The Hall–Kier alpha value is -2.82. The van der Waals surface area contributed by atoms with Gasteiger partial charge in [0.2, 0.25) is 0 Å². The van der Waals surface area contributed by atoms with E-state index >= 15 is 0 Å². The molecule has 1 aliphatic rings. The fourth-order valence-corrected chi connectivity index (χ4v) is 3.34. The first-order valence-electron chi connectivity index (χ1n) is 9.37. The molecule has 142 valence electrons. The van der Waals surface area contributed by atoms with Crippen LogP contribution in [-0.2, 0) is 9.53 Å². The number of phenolic OH excluding ortho intramolecular Hbond substituents is 1. The number of aromatic hydroxyl groups is 1. The monoisotopic (exact) mass is 367 g/mol. The topological polar surface area (TPSA) is 75.6 Å². The second kappa shape index (κ2) is 8.71. The van der Waals surface area contributed by atoms with E-state index in [1.165, 1.54) is 0 Å². The highest BCUT2D eigenvalue weighted by atomic mass is 16.5. The van der Waals surface area contributed by atoms with Crippen molar-refractivity contribution < 1.29 is 19.4 Å². The zero-order valence-electron chi connectivity index (χ0n) is 15.5. The summed E-state index contributed by atoms with van der Waals surface area (Å²) in [6.45, 7) is 1.97. The van der Waals surface area contributed by atoms with Crippen molar-refractivity contribution >= 4 is 11.9 Å². The van der Waals surface area contributed by atoms with E-state index in [0.29, 0.717) is 5.56 Å². The van der Waals surface area contributed by atoms with E-state index in [0.717, 1.165) is 42.7 Å². The maximum atomic E-state index is 12.1. The van der Waals surface area contributed by atoms with Crippen LogP contribution in [0.2, 0.25) is 0 Å². The summed E-state index contributed by atoms with van der Waals surface area (Å²) in [7, 11) is 0. The van der Waals surface area contributed by atoms with Crippen molar-refractivity contribution in [3.63, 3.8) is 0 Å². The van der Waals surface area contributed by atoms with E-state index in [1.807, 2.05) is 12.1 Å². The third kappa shape index (κ3) is 5.33. The first-order chi connectivity index (χ1) is 13.0. The van der Waals surface area contributed by atoms with Gasteiger partial charge in [0.05, 0.1) is 5.56 Å². The number of phenols is 1. The molecule has 27 heavy (non-hydrogen) atoms. The lowest BCUT2D eigenvalue weighted by molar-refractivity contribution is -0.125. The smallest absolute Gasteiger partial charge is 0.338 e. The van der Waals surface area contributed by atoms with E-state index in [1.54, 1.807) is 36.4 Å². The van der Waals surface area contributed by atoms with Gasteiger partial charge in [-0.15, -0.1) is 0 Å². The van der Waals surface area contributed by atoms with Crippen LogP contribution < -0.4 is 5.32 Å². The van der Waals surface area contributed by atoms with Crippen LogP contribution in [-0.4, -0.2) is 29.6 Å². The first kappa shape index (κ1) is 19.0. The van der Waals surface area contributed by atoms with Gasteiger partial charge in [0, 0.05) is 6.04 Å². The Bertz CT molecular complexity index is 775. The number of amides is 1. The minimum atomic E-state index is -0.514. The summed E-state index contributed by atoms with van der Waals surface area (Å²) < 4.78 is 5.13. The first-order valence-corrected chi connectivity index (χ1v) is 9.37. The molecular weight excluding hydrogens is 342 g/mol. The Morgan fingerprint density at radius 1 is 0.963 bits per heavy atom. The largest absolute Gasteiger partial charge is 0.508 e. The molecule has 2 aromatic rings. The number of carbonyl (C=O) groups excluding carboxylic acids is 2. The van der Waals surface area contributed by atoms with Crippen LogP contribution in [0, 0.1) is 5.92 Å². The number of rotatable bonds is 5. The Balaban J connectivity index is 1.49. The Morgan fingerprint density at radius 2 is 1.52 bits per heavy atom. The van der Waals surface area contributed by atoms with Gasteiger partial charge in [0.1, 0.15) is 5.75 Å². The zero-order valence-corrected chi connectivity index (χ0v) is 15.5. The van der Waals surface area contributed by atoms with Gasteiger partial charge >= 0.3 is 5.97 Å². The number of hydrogen-bond donors (Lipinski definition) is 2. The van der Waals surface area contributed by atoms with Crippen molar-refractivity contribution in [2.45, 2.75) is 38.6 Å². The highest BCUT2D eigenvalue weighted by Gasteiger charge is 2.20. The predicted octanol–water partition coefficient (Wildman–Crippen LogP) is 3.91. The molecule has 0 bridgehead atoms. The summed E-state index contributed by atoms with van der Waals surface area (Å²) >= 11 is 0. The van der Waals surface area contributed by atoms with Gasteiger partial charge in [-0.2, -0.15) is 0 Å². The number of benzene rings is 2. The van der Waals surface area contributed by atoms with Crippen molar-refractivity contribution in [3.05, 3.63) is 54.1 Å². The van der Waals surface area contributed by atoms with Crippen LogP contribution in [0.1, 0.15) is 43.0 Å². The molecule has 0 saturated heterocycles. The van der Waals surface area contributed by atoms with Crippen molar-refractivity contribution in [1.29, 1.82) is 0 Å². The molecule has 1 amide bonds. The van der Waals surface area contributed by atoms with Crippen LogP contribution in [0.25, 0.3) is 11.1 Å². The number of carbonyl (C=O) groups is 2. The molecule has 0 aromatic heterocycles. The third-order valence-electron chi connectivity index (χ3n) is 5.04. The van der Waals surface area contributed by atoms with Gasteiger partial charge in [-0.3, -0.25) is 4.79 Å². The quantitative estimate of drug-likeness (QED) is 0.786. The van der Waals surface area contributed by atoms with Crippen molar-refractivity contribution in [2.75, 3.05) is 6.61 Å². The molecule has 5 heteroatoms. The average Bonchev–Trinajstić information content (AvgIpc) is 2.69. The van der Waals surface area contributed by atoms with Crippen LogP contribution >= 0.6 is 0 Å². The number of hydrogen-bond acceptors (Lipinski definition) is 4. The normalized spacial score (nSPS) is 19.3. The molecule has 1 fully saturated rings. The lowest BCUT2D eigenvalue weighted by atomic mass is 9.87. The van der Waals surface area contributed by atoms with Crippen LogP contribution in [0.4, 0.5) is 0 Å². The fraction of sp³-hybridized carbons (Fsp3) is 0.364. The molecule has 2 N–H and O–H groups in total. The summed E-state index contributed by atoms with van der Waals surface area (Å²) in [4.78, 5) is 24.1. The van der Waals surface area contributed by atoms with E-state index < -0.39 is 5.97 Å². The van der Waals surface area contributed by atoms with Crippen molar-refractivity contribution in [1.82, 2.24) is 5.32 Å². The molecule has 0 aliphatic heterocycles. The molecule has 0 radical (unpaired) electrons. The maximum Gasteiger partial charge on any atom is 0.338 e. The van der Waals surface area contributed by atoms with E-state index in [9.17, 15) is 14.7 Å². The molecule has 0 spiro atoms. The SMILES string of the molecule is CC1CCC(NC(=O)COC(=O)c2ccc(-c3ccc(O)cc3)cc2)CC1. The standard InChI is InChI=1S/C22H25NO4/c1-15-2-10-19(11-3-15)23-21(25)14-27-22(26)18-6-4-16(5-7-18)17-8-12-20(24)13-9-17/h4-9,12-13,15,19,24H,2-3,10-11,14H2,1H3,(H,23,25). The summed E-state index contributed by atoms with van der Waals surface area (Å²) in [5.74, 6) is 0.170. The maximum absolute atomic E-state index is 12.1. The lowest BCUT2D eigenvalue weighted by Crippen LogP contribution is -2.39. The number of nitrogens with one attached hydrogen (secondary N) is 1. The summed E-state index contributed by atoms with van der Waals surface area (Å²) in [5.41, 5.74) is 2.27. The van der Waals surface area contributed by atoms with E-state index in [-0.39, 0.29) is 24.3 Å². The average molecular weight is 367 g/mol. The highest BCUT2D eigenvalue weighted by Crippen LogP contribution is 2.24. The van der Waals surface area contributed by atoms with Crippen LogP contribution in [0.3, 0.4) is 0 Å². The van der Waals surface area contributed by atoms with Gasteiger partial charge in [-0.25, -0.2) is 4.79 Å². The molecule has 2 aromatic carbocycles. The molecule has 0 unspecified atom stereocenters.